The van der Waals surface area contributed by atoms with Gasteiger partial charge in [0, 0.05) is 19.3 Å². The van der Waals surface area contributed by atoms with Crippen molar-refractivity contribution in [3.05, 3.63) is 97.2 Å². The van der Waals surface area contributed by atoms with Gasteiger partial charge in [-0.3, -0.25) is 14.4 Å². The molecule has 0 aliphatic rings. The molecule has 382 valence electrons. The zero-order chi connectivity index (χ0) is 48.6. The third kappa shape index (κ3) is 53.2. The zero-order valence-corrected chi connectivity index (χ0v) is 43.6. The Hall–Kier alpha value is -3.67. The second-order valence-electron chi connectivity index (χ2n) is 18.1. The van der Waals surface area contributed by atoms with E-state index in [1.54, 1.807) is 0 Å². The van der Waals surface area contributed by atoms with E-state index in [0.29, 0.717) is 19.3 Å². The molecule has 0 saturated heterocycles. The van der Waals surface area contributed by atoms with Crippen LogP contribution >= 0.6 is 0 Å². The Labute approximate surface area is 413 Å². The van der Waals surface area contributed by atoms with Gasteiger partial charge in [0.25, 0.3) is 0 Å². The molecule has 0 fully saturated rings. The number of rotatable bonds is 49. The van der Waals surface area contributed by atoms with E-state index in [1.165, 1.54) is 83.5 Å². The molecule has 0 aliphatic carbocycles. The fourth-order valence-corrected chi connectivity index (χ4v) is 7.37. The van der Waals surface area contributed by atoms with E-state index in [4.69, 9.17) is 14.2 Å². The molecule has 0 aliphatic heterocycles. The smallest absolute Gasteiger partial charge is 0.306 e. The average molecular weight is 931 g/mol. The molecule has 67 heavy (non-hydrogen) atoms. The van der Waals surface area contributed by atoms with Crippen molar-refractivity contribution in [1.82, 2.24) is 0 Å². The van der Waals surface area contributed by atoms with Crippen LogP contribution in [0.5, 0.6) is 0 Å². The lowest BCUT2D eigenvalue weighted by Gasteiger charge is -2.18. The number of ether oxygens (including phenoxy) is 3. The highest BCUT2D eigenvalue weighted by Crippen LogP contribution is 2.13. The first-order chi connectivity index (χ1) is 33.0. The maximum Gasteiger partial charge on any atom is 0.306 e. The number of esters is 3. The SMILES string of the molecule is CC/C=C\C/C=C\C/C=C\C/C=C\C/C=C\CCCCCC(=O)OCC(COC(=O)CCCCCCC/C=C\CCCCCCC)OC(=O)CCCCCCC/C=C\C/C=C\CCCCCC. The lowest BCUT2D eigenvalue weighted by atomic mass is 10.1. The normalized spacial score (nSPS) is 12.8. The minimum atomic E-state index is -0.803. The summed E-state index contributed by atoms with van der Waals surface area (Å²) in [4.78, 5) is 38.1. The summed E-state index contributed by atoms with van der Waals surface area (Å²) in [7, 11) is 0. The molecule has 0 radical (unpaired) electrons. The van der Waals surface area contributed by atoms with Crippen LogP contribution in [-0.2, 0) is 28.6 Å². The number of unbranched alkanes of at least 4 members (excludes halogenated alkanes) is 22. The molecule has 0 aromatic rings. The van der Waals surface area contributed by atoms with Crippen LogP contribution in [0.4, 0.5) is 0 Å². The standard InChI is InChI=1S/C61H102O6/c1-4-7-10-13-16-19-22-25-28-30-31-32-34-36-39-42-45-48-51-54-60(63)66-57-58(56-65-59(62)53-50-47-44-41-38-35-27-24-21-18-15-12-9-6-3)67-61(64)55-52-49-46-43-40-37-33-29-26-23-20-17-14-11-8-5-2/h7,10,16,19-20,23-25,27-29,31-33,36,39,58H,4-6,8-9,11-15,17-18,21-22,26,30,34-35,37-38,40-57H2,1-3H3/b10-7-,19-16-,23-20-,27-24-,28-25-,32-31-,33-29-,39-36-. The average Bonchev–Trinajstić information content (AvgIpc) is 3.33. The van der Waals surface area contributed by atoms with Crippen molar-refractivity contribution in [2.75, 3.05) is 13.2 Å². The molecule has 6 heteroatoms. The maximum atomic E-state index is 12.8. The zero-order valence-electron chi connectivity index (χ0n) is 43.6. The van der Waals surface area contributed by atoms with Gasteiger partial charge in [0.15, 0.2) is 6.10 Å². The lowest BCUT2D eigenvalue weighted by molar-refractivity contribution is -0.167. The second-order valence-corrected chi connectivity index (χ2v) is 18.1. The van der Waals surface area contributed by atoms with Gasteiger partial charge < -0.3 is 14.2 Å². The van der Waals surface area contributed by atoms with E-state index in [1.807, 2.05) is 0 Å². The highest BCUT2D eigenvalue weighted by molar-refractivity contribution is 5.71. The molecule has 0 bridgehead atoms. The van der Waals surface area contributed by atoms with Crippen LogP contribution in [0.3, 0.4) is 0 Å². The van der Waals surface area contributed by atoms with Gasteiger partial charge in [-0.05, 0) is 122 Å². The monoisotopic (exact) mass is 931 g/mol. The van der Waals surface area contributed by atoms with Crippen molar-refractivity contribution in [3.63, 3.8) is 0 Å². The number of carbonyl (C=O) groups excluding carboxylic acids is 3. The molecule has 0 saturated carbocycles. The predicted octanol–water partition coefficient (Wildman–Crippen LogP) is 18.5. The van der Waals surface area contributed by atoms with E-state index in [2.05, 4.69) is 118 Å². The molecule has 0 spiro atoms. The van der Waals surface area contributed by atoms with Gasteiger partial charge in [-0.2, -0.15) is 0 Å². The van der Waals surface area contributed by atoms with Crippen LogP contribution in [0.25, 0.3) is 0 Å². The Bertz CT molecular complexity index is 1350. The number of allylic oxidation sites excluding steroid dienone is 16. The predicted molar refractivity (Wildman–Crippen MR) is 288 cm³/mol. The number of hydrogen-bond acceptors (Lipinski definition) is 6. The van der Waals surface area contributed by atoms with Crippen molar-refractivity contribution >= 4 is 17.9 Å². The van der Waals surface area contributed by atoms with Gasteiger partial charge in [-0.1, -0.05) is 208 Å². The third-order valence-electron chi connectivity index (χ3n) is 11.5. The molecule has 1 atom stereocenters. The Kier molecular flexibility index (Phi) is 51.9. The van der Waals surface area contributed by atoms with Crippen LogP contribution in [0.1, 0.15) is 252 Å². The summed E-state index contributed by atoms with van der Waals surface area (Å²) in [6, 6.07) is 0. The fraction of sp³-hybridized carbons (Fsp3) is 0.689. The Morgan fingerprint density at radius 2 is 0.582 bits per heavy atom. The van der Waals surface area contributed by atoms with Crippen molar-refractivity contribution in [1.29, 1.82) is 0 Å². The number of carbonyl (C=O) groups is 3. The molecule has 0 N–H and O–H groups in total. The topological polar surface area (TPSA) is 78.9 Å². The fourth-order valence-electron chi connectivity index (χ4n) is 7.37. The van der Waals surface area contributed by atoms with Crippen molar-refractivity contribution in [2.45, 2.75) is 258 Å². The second kappa shape index (κ2) is 54.9. The first kappa shape index (κ1) is 63.3. The molecular formula is C61H102O6. The Balaban J connectivity index is 4.49. The largest absolute Gasteiger partial charge is 0.462 e. The summed E-state index contributed by atoms with van der Waals surface area (Å²) in [5.74, 6) is -0.953. The van der Waals surface area contributed by atoms with Crippen molar-refractivity contribution in [3.8, 4) is 0 Å². The highest BCUT2D eigenvalue weighted by atomic mass is 16.6. The van der Waals surface area contributed by atoms with E-state index in [-0.39, 0.29) is 31.1 Å². The van der Waals surface area contributed by atoms with E-state index in [9.17, 15) is 14.4 Å². The van der Waals surface area contributed by atoms with Gasteiger partial charge in [0.05, 0.1) is 0 Å². The van der Waals surface area contributed by atoms with Gasteiger partial charge in [0.1, 0.15) is 13.2 Å². The first-order valence-corrected chi connectivity index (χ1v) is 27.7. The van der Waals surface area contributed by atoms with Gasteiger partial charge in [-0.25, -0.2) is 0 Å². The highest BCUT2D eigenvalue weighted by Gasteiger charge is 2.19. The quantitative estimate of drug-likeness (QED) is 0.0262. The van der Waals surface area contributed by atoms with Gasteiger partial charge in [0.2, 0.25) is 0 Å². The summed E-state index contributed by atoms with van der Waals surface area (Å²) < 4.78 is 16.8. The van der Waals surface area contributed by atoms with Crippen molar-refractivity contribution < 1.29 is 28.6 Å². The Morgan fingerprint density at radius 3 is 0.955 bits per heavy atom. The summed E-state index contributed by atoms with van der Waals surface area (Å²) in [5, 5.41) is 0. The summed E-state index contributed by atoms with van der Waals surface area (Å²) in [6.07, 6.45) is 72.4. The maximum absolute atomic E-state index is 12.8. The van der Waals surface area contributed by atoms with Crippen molar-refractivity contribution in [2.24, 2.45) is 0 Å². The number of hydrogen-bond donors (Lipinski definition) is 0. The van der Waals surface area contributed by atoms with Crippen LogP contribution in [0.2, 0.25) is 0 Å². The van der Waals surface area contributed by atoms with E-state index >= 15 is 0 Å². The molecule has 0 aromatic heterocycles. The van der Waals surface area contributed by atoms with Gasteiger partial charge in [-0.15, -0.1) is 0 Å². The first-order valence-electron chi connectivity index (χ1n) is 27.7. The Morgan fingerprint density at radius 1 is 0.313 bits per heavy atom. The minimum absolute atomic E-state index is 0.0989. The molecule has 0 heterocycles. The van der Waals surface area contributed by atoms with Crippen LogP contribution in [0.15, 0.2) is 97.2 Å². The van der Waals surface area contributed by atoms with E-state index < -0.39 is 6.10 Å². The lowest BCUT2D eigenvalue weighted by Crippen LogP contribution is -2.30. The molecule has 0 rings (SSSR count). The summed E-state index contributed by atoms with van der Waals surface area (Å²) in [6.45, 7) is 6.45. The molecular weight excluding hydrogens is 829 g/mol. The molecule has 0 amide bonds. The van der Waals surface area contributed by atoms with Gasteiger partial charge >= 0.3 is 17.9 Å². The molecule has 0 aromatic carbocycles. The third-order valence-corrected chi connectivity index (χ3v) is 11.5. The van der Waals surface area contributed by atoms with Crippen LogP contribution < -0.4 is 0 Å². The molecule has 6 nitrogen and oxygen atoms in total. The summed E-state index contributed by atoms with van der Waals surface area (Å²) >= 11 is 0. The minimum Gasteiger partial charge on any atom is -0.462 e. The summed E-state index contributed by atoms with van der Waals surface area (Å²) in [5.41, 5.74) is 0. The van der Waals surface area contributed by atoms with E-state index in [0.717, 1.165) is 128 Å². The van der Waals surface area contributed by atoms with Crippen LogP contribution in [-0.4, -0.2) is 37.2 Å². The van der Waals surface area contributed by atoms with Crippen LogP contribution in [0, 0.1) is 0 Å². The molecule has 1 unspecified atom stereocenters.